The van der Waals surface area contributed by atoms with Crippen LogP contribution in [0.2, 0.25) is 0 Å². The number of rotatable bonds is 1. The number of aromatic nitrogens is 1. The second kappa shape index (κ2) is 3.17. The molecule has 68 valence electrons. The van der Waals surface area contributed by atoms with E-state index in [1.165, 1.54) is 0 Å². The van der Waals surface area contributed by atoms with E-state index in [1.807, 2.05) is 25.4 Å². The van der Waals surface area contributed by atoms with E-state index in [0.717, 1.165) is 12.0 Å². The van der Waals surface area contributed by atoms with Gasteiger partial charge in [-0.25, -0.2) is 0 Å². The first kappa shape index (κ1) is 8.23. The van der Waals surface area contributed by atoms with Crippen LogP contribution < -0.4 is 0 Å². The second-order valence-electron chi connectivity index (χ2n) is 3.35. The van der Waals surface area contributed by atoms with Gasteiger partial charge in [-0.1, -0.05) is 6.07 Å². The highest BCUT2D eigenvalue weighted by Crippen LogP contribution is 2.30. The molecule has 1 amide bonds. The second-order valence-corrected chi connectivity index (χ2v) is 3.35. The molecule has 1 aliphatic heterocycles. The smallest absolute Gasteiger partial charge is 0.222 e. The summed E-state index contributed by atoms with van der Waals surface area (Å²) in [4.78, 5) is 17.1. The summed E-state index contributed by atoms with van der Waals surface area (Å²) in [6, 6.07) is 4.17. The molecular weight excluding hydrogens is 166 g/mol. The molecule has 2 rings (SSSR count). The maximum Gasteiger partial charge on any atom is 0.222 e. The van der Waals surface area contributed by atoms with Gasteiger partial charge in [0.1, 0.15) is 0 Å². The summed E-state index contributed by atoms with van der Waals surface area (Å²) in [6.45, 7) is 0. The Morgan fingerprint density at radius 1 is 1.62 bits per heavy atom. The van der Waals surface area contributed by atoms with E-state index in [9.17, 15) is 4.79 Å². The van der Waals surface area contributed by atoms with Crippen molar-refractivity contribution >= 4 is 5.91 Å². The lowest BCUT2D eigenvalue weighted by Gasteiger charge is -2.19. The van der Waals surface area contributed by atoms with Gasteiger partial charge >= 0.3 is 0 Å². The van der Waals surface area contributed by atoms with Crippen LogP contribution in [0, 0.1) is 0 Å². The number of hydrogen-bond donors (Lipinski definition) is 0. The van der Waals surface area contributed by atoms with Gasteiger partial charge in [0, 0.05) is 25.9 Å². The monoisotopic (exact) mass is 178 g/mol. The molecule has 0 spiro atoms. The van der Waals surface area contributed by atoms with Crippen LogP contribution in [0.5, 0.6) is 0 Å². The van der Waals surface area contributed by atoms with E-state index >= 15 is 0 Å². The molecule has 3 nitrogen and oxygen atoms in total. The molecule has 2 heterocycles. The molecule has 0 aliphatic carbocycles. The summed E-state index contributed by atoms with van der Waals surface area (Å²) in [5.74, 6) is 0.230. The number of likely N-dealkylation sites (tertiary alicyclic amines) is 1. The number of amides is 1. The van der Waals surface area contributed by atoms with Crippen molar-refractivity contribution in [1.29, 1.82) is 0 Å². The lowest BCUT2D eigenvalue weighted by molar-refractivity contribution is -0.127. The average molecular weight is 178 g/mol. The van der Waals surface area contributed by atoms with Crippen molar-refractivity contribution in [1.82, 2.24) is 9.88 Å². The molecular formula is C10H12N2O. The molecule has 13 heavy (non-hydrogen) atoms. The molecule has 0 N–H and O–H groups in total. The van der Waals surface area contributed by atoms with Gasteiger partial charge in [-0.15, -0.1) is 0 Å². The molecule has 1 aromatic heterocycles. The zero-order valence-electron chi connectivity index (χ0n) is 7.60. The number of pyridine rings is 1. The van der Waals surface area contributed by atoms with Crippen molar-refractivity contribution in [3.63, 3.8) is 0 Å². The van der Waals surface area contributed by atoms with Crippen LogP contribution >= 0.6 is 0 Å². The van der Waals surface area contributed by atoms with Crippen LogP contribution in [0.4, 0.5) is 0 Å². The van der Waals surface area contributed by atoms with Crippen LogP contribution in [0.15, 0.2) is 24.5 Å². The summed E-state index contributed by atoms with van der Waals surface area (Å²) >= 11 is 0. The van der Waals surface area contributed by atoms with Gasteiger partial charge in [0.15, 0.2) is 0 Å². The molecule has 0 bridgehead atoms. The molecule has 0 radical (unpaired) electrons. The minimum atomic E-state index is 0.230. The molecule has 0 aromatic carbocycles. The van der Waals surface area contributed by atoms with Gasteiger partial charge in [0.25, 0.3) is 0 Å². The molecule has 0 saturated carbocycles. The Bertz CT molecular complexity index is 310. The maximum atomic E-state index is 11.3. The highest BCUT2D eigenvalue weighted by atomic mass is 16.2. The lowest BCUT2D eigenvalue weighted by atomic mass is 10.4. The quantitative estimate of drug-likeness (QED) is 0.650. The molecule has 1 fully saturated rings. The molecule has 1 aromatic rings. The van der Waals surface area contributed by atoms with E-state index in [1.54, 1.807) is 11.1 Å². The fraction of sp³-hybridized carbons (Fsp3) is 0.400. The predicted octanol–water partition coefficient (Wildman–Crippen LogP) is 1.37. The summed E-state index contributed by atoms with van der Waals surface area (Å²) in [5, 5.41) is 0. The Balaban J connectivity index is 2.24. The molecule has 1 aliphatic rings. The molecule has 1 saturated heterocycles. The summed E-state index contributed by atoms with van der Waals surface area (Å²) in [6.07, 6.45) is 5.16. The predicted molar refractivity (Wildman–Crippen MR) is 49.0 cm³/mol. The van der Waals surface area contributed by atoms with E-state index in [2.05, 4.69) is 4.98 Å². The van der Waals surface area contributed by atoms with Gasteiger partial charge in [-0.3, -0.25) is 9.78 Å². The van der Waals surface area contributed by atoms with Gasteiger partial charge in [-0.05, 0) is 18.1 Å². The normalized spacial score (nSPS) is 22.4. The number of carbonyl (C=O) groups excluding carboxylic acids is 1. The minimum Gasteiger partial charge on any atom is -0.339 e. The topological polar surface area (TPSA) is 33.2 Å². The minimum absolute atomic E-state index is 0.230. The van der Waals surface area contributed by atoms with Crippen molar-refractivity contribution in [2.24, 2.45) is 0 Å². The summed E-state index contributed by atoms with van der Waals surface area (Å²) in [7, 11) is 1.85. The fourth-order valence-corrected chi connectivity index (χ4v) is 1.77. The van der Waals surface area contributed by atoms with Gasteiger partial charge < -0.3 is 4.90 Å². The highest BCUT2D eigenvalue weighted by Gasteiger charge is 2.28. The van der Waals surface area contributed by atoms with Crippen molar-refractivity contribution in [3.8, 4) is 0 Å². The lowest BCUT2D eigenvalue weighted by Crippen LogP contribution is -2.22. The van der Waals surface area contributed by atoms with Crippen molar-refractivity contribution < 1.29 is 4.79 Å². The molecule has 1 atom stereocenters. The largest absolute Gasteiger partial charge is 0.339 e. The zero-order valence-corrected chi connectivity index (χ0v) is 7.60. The molecule has 3 heteroatoms. The molecule has 0 unspecified atom stereocenters. The van der Waals surface area contributed by atoms with Gasteiger partial charge in [0.2, 0.25) is 5.91 Å². The van der Waals surface area contributed by atoms with E-state index in [0.29, 0.717) is 6.42 Å². The number of carbonyl (C=O) groups is 1. The van der Waals surface area contributed by atoms with Crippen LogP contribution in [0.1, 0.15) is 24.4 Å². The van der Waals surface area contributed by atoms with Crippen LogP contribution in [0.3, 0.4) is 0 Å². The highest BCUT2D eigenvalue weighted by molar-refractivity contribution is 5.78. The summed E-state index contributed by atoms with van der Waals surface area (Å²) < 4.78 is 0. The van der Waals surface area contributed by atoms with E-state index in [4.69, 9.17) is 0 Å². The third-order valence-corrected chi connectivity index (χ3v) is 2.56. The van der Waals surface area contributed by atoms with Crippen molar-refractivity contribution in [2.45, 2.75) is 18.9 Å². The van der Waals surface area contributed by atoms with Crippen molar-refractivity contribution in [2.75, 3.05) is 7.05 Å². The Morgan fingerprint density at radius 2 is 2.46 bits per heavy atom. The Morgan fingerprint density at radius 3 is 3.00 bits per heavy atom. The van der Waals surface area contributed by atoms with Crippen molar-refractivity contribution in [3.05, 3.63) is 30.1 Å². The average Bonchev–Trinajstić information content (AvgIpc) is 2.49. The first-order valence-electron chi connectivity index (χ1n) is 4.44. The first-order chi connectivity index (χ1) is 6.29. The maximum absolute atomic E-state index is 11.3. The first-order valence-corrected chi connectivity index (χ1v) is 4.44. The van der Waals surface area contributed by atoms with E-state index in [-0.39, 0.29) is 11.9 Å². The third-order valence-electron chi connectivity index (χ3n) is 2.56. The number of nitrogens with zero attached hydrogens (tertiary/aromatic N) is 2. The van der Waals surface area contributed by atoms with Crippen LogP contribution in [-0.4, -0.2) is 22.8 Å². The van der Waals surface area contributed by atoms with Gasteiger partial charge in [0.05, 0.1) is 6.04 Å². The summed E-state index contributed by atoms with van der Waals surface area (Å²) in [5.41, 5.74) is 1.14. The van der Waals surface area contributed by atoms with E-state index < -0.39 is 0 Å². The third kappa shape index (κ3) is 1.41. The number of hydrogen-bond acceptors (Lipinski definition) is 2. The Kier molecular flexibility index (Phi) is 2.00. The Labute approximate surface area is 77.4 Å². The van der Waals surface area contributed by atoms with Gasteiger partial charge in [-0.2, -0.15) is 0 Å². The SMILES string of the molecule is CN1C(=O)CC[14C@H]1c1cccnc1. The van der Waals surface area contributed by atoms with Crippen LogP contribution in [0.25, 0.3) is 0 Å². The standard InChI is InChI=1S/C10H12N2O/c1-12-9(4-5-10(12)13)8-3-2-6-11-7-8/h2-3,6-7,9H,4-5H2,1H3/t9-/m0/s1/i9+2. The Hall–Kier alpha value is -1.38. The fourth-order valence-electron chi connectivity index (χ4n) is 1.77. The van der Waals surface area contributed by atoms with Crippen LogP contribution in [-0.2, 0) is 4.79 Å². The zero-order chi connectivity index (χ0) is 9.26.